The van der Waals surface area contributed by atoms with Gasteiger partial charge in [-0.05, 0) is 31.5 Å². The molecule has 0 aliphatic carbocycles. The third-order valence-electron chi connectivity index (χ3n) is 2.59. The quantitative estimate of drug-likeness (QED) is 0.901. The highest BCUT2D eigenvalue weighted by Gasteiger charge is 2.18. The first-order chi connectivity index (χ1) is 9.42. The van der Waals surface area contributed by atoms with Gasteiger partial charge in [0.1, 0.15) is 0 Å². The van der Waals surface area contributed by atoms with Crippen molar-refractivity contribution in [3.05, 3.63) is 41.0 Å². The molecule has 0 amide bonds. The van der Waals surface area contributed by atoms with Crippen LogP contribution in [0.4, 0.5) is 0 Å². The van der Waals surface area contributed by atoms with E-state index in [4.69, 9.17) is 9.78 Å². The normalized spacial score (nSPS) is 11.2. The Labute approximate surface area is 116 Å². The van der Waals surface area contributed by atoms with Crippen LogP contribution >= 0.6 is 0 Å². The fraction of sp³-hybridized carbons (Fsp3) is 0.250. The van der Waals surface area contributed by atoms with E-state index < -0.39 is 10.0 Å². The third kappa shape index (κ3) is 3.01. The Morgan fingerprint density at radius 3 is 2.75 bits per heavy atom. The second-order valence-corrected chi connectivity index (χ2v) is 5.89. The van der Waals surface area contributed by atoms with Crippen molar-refractivity contribution >= 4 is 10.0 Å². The Balaban J connectivity index is 2.24. The standard InChI is InChI=1S/C12H12N4O3S/c1-8-3-4-10(6-13)5-11(8)20(17,18)14-7-12-15-9(2)16-19-12/h3-5,14H,7H2,1-2H3. The Hall–Kier alpha value is -2.24. The van der Waals surface area contributed by atoms with Gasteiger partial charge in [0.25, 0.3) is 0 Å². The van der Waals surface area contributed by atoms with Crippen LogP contribution in [0.5, 0.6) is 0 Å². The molecule has 0 spiro atoms. The van der Waals surface area contributed by atoms with Crippen molar-refractivity contribution in [2.45, 2.75) is 25.3 Å². The van der Waals surface area contributed by atoms with Crippen LogP contribution < -0.4 is 4.72 Å². The van der Waals surface area contributed by atoms with E-state index in [0.29, 0.717) is 11.4 Å². The second-order valence-electron chi connectivity index (χ2n) is 4.15. The predicted octanol–water partition coefficient (Wildman–Crippen LogP) is 1.04. The maximum Gasteiger partial charge on any atom is 0.241 e. The number of hydrogen-bond acceptors (Lipinski definition) is 6. The van der Waals surface area contributed by atoms with Gasteiger partial charge in [-0.1, -0.05) is 11.2 Å². The monoisotopic (exact) mass is 292 g/mol. The topological polar surface area (TPSA) is 109 Å². The molecule has 7 nitrogen and oxygen atoms in total. The number of rotatable bonds is 4. The minimum Gasteiger partial charge on any atom is -0.338 e. The summed E-state index contributed by atoms with van der Waals surface area (Å²) in [5.41, 5.74) is 0.836. The summed E-state index contributed by atoms with van der Waals surface area (Å²) in [7, 11) is -3.74. The van der Waals surface area contributed by atoms with Crippen molar-refractivity contribution in [3.63, 3.8) is 0 Å². The summed E-state index contributed by atoms with van der Waals surface area (Å²) >= 11 is 0. The van der Waals surface area contributed by atoms with Crippen LogP contribution in [-0.4, -0.2) is 18.6 Å². The minimum absolute atomic E-state index is 0.0628. The molecule has 2 rings (SSSR count). The van der Waals surface area contributed by atoms with E-state index >= 15 is 0 Å². The van der Waals surface area contributed by atoms with Gasteiger partial charge in [0.15, 0.2) is 5.82 Å². The molecule has 1 aromatic heterocycles. The van der Waals surface area contributed by atoms with Crippen molar-refractivity contribution in [3.8, 4) is 6.07 Å². The van der Waals surface area contributed by atoms with Gasteiger partial charge >= 0.3 is 0 Å². The fourth-order valence-electron chi connectivity index (χ4n) is 1.61. The molecule has 20 heavy (non-hydrogen) atoms. The number of sulfonamides is 1. The van der Waals surface area contributed by atoms with Crippen LogP contribution in [0.25, 0.3) is 0 Å². The minimum atomic E-state index is -3.74. The van der Waals surface area contributed by atoms with Gasteiger partial charge < -0.3 is 4.52 Å². The highest BCUT2D eigenvalue weighted by molar-refractivity contribution is 7.89. The lowest BCUT2D eigenvalue weighted by Gasteiger charge is -2.08. The molecular weight excluding hydrogens is 280 g/mol. The summed E-state index contributed by atoms with van der Waals surface area (Å²) in [5.74, 6) is 0.613. The van der Waals surface area contributed by atoms with Crippen LogP contribution in [0.2, 0.25) is 0 Å². The van der Waals surface area contributed by atoms with Crippen LogP contribution in [-0.2, 0) is 16.6 Å². The first-order valence-electron chi connectivity index (χ1n) is 5.72. The molecule has 1 heterocycles. The lowest BCUT2D eigenvalue weighted by molar-refractivity contribution is 0.372. The van der Waals surface area contributed by atoms with E-state index in [1.807, 2.05) is 6.07 Å². The van der Waals surface area contributed by atoms with Crippen LogP contribution in [0.15, 0.2) is 27.6 Å². The van der Waals surface area contributed by atoms with Crippen molar-refractivity contribution < 1.29 is 12.9 Å². The fourth-order valence-corrected chi connectivity index (χ4v) is 2.85. The van der Waals surface area contributed by atoms with Gasteiger partial charge in [0.05, 0.1) is 23.1 Å². The lowest BCUT2D eigenvalue weighted by atomic mass is 10.2. The van der Waals surface area contributed by atoms with Crippen molar-refractivity contribution in [2.24, 2.45) is 0 Å². The summed E-state index contributed by atoms with van der Waals surface area (Å²) < 4.78 is 31.6. The van der Waals surface area contributed by atoms with Crippen LogP contribution in [0.1, 0.15) is 22.8 Å². The van der Waals surface area contributed by atoms with E-state index in [2.05, 4.69) is 14.9 Å². The number of aromatic nitrogens is 2. The molecule has 104 valence electrons. The van der Waals surface area contributed by atoms with Gasteiger partial charge in [-0.3, -0.25) is 0 Å². The van der Waals surface area contributed by atoms with Gasteiger partial charge in [-0.15, -0.1) is 0 Å². The van der Waals surface area contributed by atoms with Crippen molar-refractivity contribution in [1.82, 2.24) is 14.9 Å². The molecule has 0 aliphatic heterocycles. The summed E-state index contributed by atoms with van der Waals surface area (Å²) in [6, 6.07) is 6.39. The van der Waals surface area contributed by atoms with E-state index in [0.717, 1.165) is 0 Å². The highest BCUT2D eigenvalue weighted by Crippen LogP contribution is 2.16. The Morgan fingerprint density at radius 2 is 2.15 bits per heavy atom. The predicted molar refractivity (Wildman–Crippen MR) is 69.0 cm³/mol. The molecule has 0 fully saturated rings. The maximum absolute atomic E-state index is 12.2. The molecular formula is C12H12N4O3S. The number of nitriles is 1. The SMILES string of the molecule is Cc1noc(CNS(=O)(=O)c2cc(C#N)ccc2C)n1. The summed E-state index contributed by atoms with van der Waals surface area (Å²) in [6.45, 7) is 3.20. The van der Waals surface area contributed by atoms with E-state index in [1.54, 1.807) is 26.0 Å². The molecule has 0 atom stereocenters. The van der Waals surface area contributed by atoms with Gasteiger partial charge in [-0.2, -0.15) is 10.2 Å². The first-order valence-corrected chi connectivity index (χ1v) is 7.20. The largest absolute Gasteiger partial charge is 0.338 e. The summed E-state index contributed by atoms with van der Waals surface area (Å²) in [4.78, 5) is 3.97. The molecule has 0 saturated carbocycles. The Bertz CT molecular complexity index is 774. The highest BCUT2D eigenvalue weighted by atomic mass is 32.2. The van der Waals surface area contributed by atoms with Gasteiger partial charge in [0, 0.05) is 0 Å². The zero-order valence-corrected chi connectivity index (χ0v) is 11.7. The second kappa shape index (κ2) is 5.40. The Kier molecular flexibility index (Phi) is 3.83. The molecule has 1 aromatic carbocycles. The van der Waals surface area contributed by atoms with E-state index in [1.165, 1.54) is 6.07 Å². The first kappa shape index (κ1) is 14.2. The number of aryl methyl sites for hydroxylation is 2. The molecule has 8 heteroatoms. The summed E-state index contributed by atoms with van der Waals surface area (Å²) in [5, 5.41) is 12.4. The van der Waals surface area contributed by atoms with Crippen LogP contribution in [0.3, 0.4) is 0 Å². The molecule has 0 unspecified atom stereocenters. The summed E-state index contributed by atoms with van der Waals surface area (Å²) in [6.07, 6.45) is 0. The average Bonchev–Trinajstić information content (AvgIpc) is 2.83. The number of nitrogens with one attached hydrogen (secondary N) is 1. The third-order valence-corrected chi connectivity index (χ3v) is 4.13. The zero-order valence-electron chi connectivity index (χ0n) is 10.9. The average molecular weight is 292 g/mol. The molecule has 0 saturated heterocycles. The number of nitrogens with zero attached hydrogens (tertiary/aromatic N) is 3. The molecule has 0 bridgehead atoms. The van der Waals surface area contributed by atoms with Crippen molar-refractivity contribution in [2.75, 3.05) is 0 Å². The number of hydrogen-bond donors (Lipinski definition) is 1. The molecule has 0 aliphatic rings. The van der Waals surface area contributed by atoms with Crippen molar-refractivity contribution in [1.29, 1.82) is 5.26 Å². The zero-order chi connectivity index (χ0) is 14.8. The molecule has 0 radical (unpaired) electrons. The number of benzene rings is 1. The molecule has 1 N–H and O–H groups in total. The van der Waals surface area contributed by atoms with Crippen LogP contribution in [0, 0.1) is 25.2 Å². The van der Waals surface area contributed by atoms with Gasteiger partial charge in [-0.25, -0.2) is 13.1 Å². The Morgan fingerprint density at radius 1 is 1.40 bits per heavy atom. The smallest absolute Gasteiger partial charge is 0.241 e. The van der Waals surface area contributed by atoms with E-state index in [9.17, 15) is 8.42 Å². The van der Waals surface area contributed by atoms with E-state index in [-0.39, 0.29) is 22.9 Å². The maximum atomic E-state index is 12.2. The lowest BCUT2D eigenvalue weighted by Crippen LogP contribution is -2.24. The molecule has 2 aromatic rings. The van der Waals surface area contributed by atoms with Gasteiger partial charge in [0.2, 0.25) is 15.9 Å².